The van der Waals surface area contributed by atoms with Crippen LogP contribution in [-0.4, -0.2) is 22.8 Å². The maximum atomic E-state index is 5.72. The molecule has 0 amide bonds. The second-order valence-electron chi connectivity index (χ2n) is 3.57. The van der Waals surface area contributed by atoms with Crippen LogP contribution in [0.25, 0.3) is 0 Å². The molecule has 4 heteroatoms. The van der Waals surface area contributed by atoms with Crippen LogP contribution in [0, 0.1) is 0 Å². The number of nitrogens with one attached hydrogen (secondary N) is 2. The molecule has 1 aliphatic heterocycles. The highest BCUT2D eigenvalue weighted by atomic mass is 35.5. The quantitative estimate of drug-likeness (QED) is 0.762. The van der Waals surface area contributed by atoms with E-state index in [0.717, 1.165) is 18.7 Å². The van der Waals surface area contributed by atoms with Crippen molar-refractivity contribution in [3.63, 3.8) is 0 Å². The van der Waals surface area contributed by atoms with E-state index in [-0.39, 0.29) is 0 Å². The van der Waals surface area contributed by atoms with Crippen molar-refractivity contribution in [1.82, 2.24) is 15.5 Å². The molecule has 1 aromatic heterocycles. The Morgan fingerprint density at radius 3 is 3.08 bits per heavy atom. The van der Waals surface area contributed by atoms with Crippen LogP contribution < -0.4 is 5.32 Å². The molecule has 0 aliphatic carbocycles. The fourth-order valence-corrected chi connectivity index (χ4v) is 1.98. The zero-order chi connectivity index (χ0) is 9.10. The van der Waals surface area contributed by atoms with Gasteiger partial charge >= 0.3 is 0 Å². The minimum absolute atomic E-state index is 0.561. The zero-order valence-corrected chi connectivity index (χ0v) is 8.27. The average Bonchev–Trinajstić information content (AvgIpc) is 2.53. The Kier molecular flexibility index (Phi) is 2.86. The van der Waals surface area contributed by atoms with Crippen LogP contribution in [0.3, 0.4) is 0 Å². The number of H-pyrrole nitrogens is 1. The van der Waals surface area contributed by atoms with Crippen LogP contribution in [0.5, 0.6) is 0 Å². The number of hydrogen-bond donors (Lipinski definition) is 2. The van der Waals surface area contributed by atoms with Crippen LogP contribution >= 0.6 is 11.6 Å². The van der Waals surface area contributed by atoms with Gasteiger partial charge < -0.3 is 5.32 Å². The molecule has 1 unspecified atom stereocenters. The first-order chi connectivity index (χ1) is 6.34. The molecule has 0 radical (unpaired) electrons. The van der Waals surface area contributed by atoms with Gasteiger partial charge in [0.2, 0.25) is 0 Å². The molecule has 1 aromatic rings. The molecule has 72 valence electrons. The number of aromatic nitrogens is 2. The minimum Gasteiger partial charge on any atom is -0.314 e. The zero-order valence-electron chi connectivity index (χ0n) is 7.52. The Morgan fingerprint density at radius 1 is 1.54 bits per heavy atom. The molecule has 0 spiro atoms. The van der Waals surface area contributed by atoms with E-state index in [9.17, 15) is 0 Å². The number of nitrogens with zero attached hydrogens (tertiary/aromatic N) is 1. The van der Waals surface area contributed by atoms with E-state index in [1.54, 1.807) is 0 Å². The Morgan fingerprint density at radius 2 is 2.46 bits per heavy atom. The number of hydrogen-bond acceptors (Lipinski definition) is 2. The van der Waals surface area contributed by atoms with Gasteiger partial charge in [0, 0.05) is 18.2 Å². The summed E-state index contributed by atoms with van der Waals surface area (Å²) in [4.78, 5) is 0. The normalized spacial score (nSPS) is 23.3. The maximum Gasteiger partial charge on any atom is 0.151 e. The van der Waals surface area contributed by atoms with E-state index in [0.29, 0.717) is 11.2 Å². The Balaban J connectivity index is 1.89. The van der Waals surface area contributed by atoms with Gasteiger partial charge in [-0.25, -0.2) is 0 Å². The van der Waals surface area contributed by atoms with Gasteiger partial charge in [0.25, 0.3) is 0 Å². The summed E-state index contributed by atoms with van der Waals surface area (Å²) in [6.07, 6.45) is 4.91. The molecular formula is C9H14ClN3. The van der Waals surface area contributed by atoms with Crippen LogP contribution in [0.4, 0.5) is 0 Å². The number of rotatable bonds is 2. The molecule has 0 bridgehead atoms. The predicted molar refractivity (Wildman–Crippen MR) is 52.9 cm³/mol. The average molecular weight is 200 g/mol. The third-order valence-corrected chi connectivity index (χ3v) is 2.67. The Labute approximate surface area is 82.9 Å². The van der Waals surface area contributed by atoms with Gasteiger partial charge in [-0.1, -0.05) is 18.0 Å². The second-order valence-corrected chi connectivity index (χ2v) is 3.95. The van der Waals surface area contributed by atoms with E-state index in [1.165, 1.54) is 19.3 Å². The van der Waals surface area contributed by atoms with Crippen molar-refractivity contribution < 1.29 is 0 Å². The van der Waals surface area contributed by atoms with Gasteiger partial charge in [0.1, 0.15) is 0 Å². The van der Waals surface area contributed by atoms with Crippen molar-refractivity contribution in [1.29, 1.82) is 0 Å². The Bertz CT molecular complexity index is 266. The summed E-state index contributed by atoms with van der Waals surface area (Å²) in [6.45, 7) is 1.15. The molecule has 2 rings (SSSR count). The summed E-state index contributed by atoms with van der Waals surface area (Å²) >= 11 is 5.72. The van der Waals surface area contributed by atoms with Gasteiger partial charge in [-0.05, 0) is 25.5 Å². The van der Waals surface area contributed by atoms with Gasteiger partial charge in [-0.3, -0.25) is 5.10 Å². The molecule has 1 aliphatic rings. The standard InChI is InChI=1S/C9H14ClN3/c10-9-6-8(12-13-9)5-7-3-1-2-4-11-7/h6-7,11H,1-5H2,(H,12,13). The van der Waals surface area contributed by atoms with E-state index in [2.05, 4.69) is 15.5 Å². The molecule has 1 saturated heterocycles. The van der Waals surface area contributed by atoms with Crippen molar-refractivity contribution in [3.05, 3.63) is 16.9 Å². The monoisotopic (exact) mass is 199 g/mol. The molecule has 1 fully saturated rings. The topological polar surface area (TPSA) is 40.7 Å². The number of halogens is 1. The molecule has 1 atom stereocenters. The van der Waals surface area contributed by atoms with Crippen LogP contribution in [0.15, 0.2) is 6.07 Å². The van der Waals surface area contributed by atoms with E-state index in [1.807, 2.05) is 6.07 Å². The summed E-state index contributed by atoms with van der Waals surface area (Å²) in [6, 6.07) is 2.50. The second kappa shape index (κ2) is 4.11. The summed E-state index contributed by atoms with van der Waals surface area (Å²) < 4.78 is 0. The highest BCUT2D eigenvalue weighted by molar-refractivity contribution is 6.29. The molecule has 2 N–H and O–H groups in total. The van der Waals surface area contributed by atoms with Gasteiger partial charge in [-0.2, -0.15) is 5.10 Å². The SMILES string of the molecule is Clc1cc(CC2CCCCN2)[nH]n1. The number of piperidine rings is 1. The van der Waals surface area contributed by atoms with Crippen molar-refractivity contribution in [2.45, 2.75) is 31.7 Å². The van der Waals surface area contributed by atoms with Gasteiger partial charge in [0.05, 0.1) is 0 Å². The fraction of sp³-hybridized carbons (Fsp3) is 0.667. The largest absolute Gasteiger partial charge is 0.314 e. The first-order valence-electron chi connectivity index (χ1n) is 4.78. The highest BCUT2D eigenvalue weighted by Gasteiger charge is 2.13. The third kappa shape index (κ3) is 2.45. The first-order valence-corrected chi connectivity index (χ1v) is 5.15. The lowest BCUT2D eigenvalue weighted by atomic mass is 10.0. The Hall–Kier alpha value is -0.540. The van der Waals surface area contributed by atoms with Crippen LogP contribution in [0.1, 0.15) is 25.0 Å². The van der Waals surface area contributed by atoms with Crippen LogP contribution in [-0.2, 0) is 6.42 Å². The minimum atomic E-state index is 0.561. The van der Waals surface area contributed by atoms with Crippen molar-refractivity contribution in [2.24, 2.45) is 0 Å². The molecule has 0 saturated carbocycles. The van der Waals surface area contributed by atoms with Crippen molar-refractivity contribution in [2.75, 3.05) is 6.54 Å². The third-order valence-electron chi connectivity index (χ3n) is 2.48. The lowest BCUT2D eigenvalue weighted by Gasteiger charge is -2.22. The molecule has 13 heavy (non-hydrogen) atoms. The molecule has 2 heterocycles. The molecule has 0 aromatic carbocycles. The number of aromatic amines is 1. The van der Waals surface area contributed by atoms with E-state index in [4.69, 9.17) is 11.6 Å². The lowest BCUT2D eigenvalue weighted by Crippen LogP contribution is -2.35. The summed E-state index contributed by atoms with van der Waals surface area (Å²) in [5, 5.41) is 10.9. The highest BCUT2D eigenvalue weighted by Crippen LogP contribution is 2.13. The van der Waals surface area contributed by atoms with Crippen molar-refractivity contribution >= 4 is 11.6 Å². The van der Waals surface area contributed by atoms with Crippen LogP contribution in [0.2, 0.25) is 5.15 Å². The lowest BCUT2D eigenvalue weighted by molar-refractivity contribution is 0.397. The summed E-state index contributed by atoms with van der Waals surface area (Å²) in [5.41, 5.74) is 1.13. The fourth-order valence-electron chi connectivity index (χ4n) is 1.80. The van der Waals surface area contributed by atoms with Crippen molar-refractivity contribution in [3.8, 4) is 0 Å². The van der Waals surface area contributed by atoms with Gasteiger partial charge in [0.15, 0.2) is 5.15 Å². The molecular weight excluding hydrogens is 186 g/mol. The summed E-state index contributed by atoms with van der Waals surface area (Å²) in [7, 11) is 0. The maximum absolute atomic E-state index is 5.72. The molecule has 3 nitrogen and oxygen atoms in total. The van der Waals surface area contributed by atoms with Gasteiger partial charge in [-0.15, -0.1) is 0 Å². The smallest absolute Gasteiger partial charge is 0.151 e. The first kappa shape index (κ1) is 9.03. The predicted octanol–water partition coefficient (Wildman–Crippen LogP) is 1.75. The summed E-state index contributed by atoms with van der Waals surface area (Å²) in [5.74, 6) is 0. The van der Waals surface area contributed by atoms with E-state index < -0.39 is 0 Å². The van der Waals surface area contributed by atoms with E-state index >= 15 is 0 Å².